The fourth-order valence-corrected chi connectivity index (χ4v) is 4.04. The zero-order valence-corrected chi connectivity index (χ0v) is 16.4. The van der Waals surface area contributed by atoms with Gasteiger partial charge in [-0.2, -0.15) is 0 Å². The van der Waals surface area contributed by atoms with Crippen molar-refractivity contribution in [2.75, 3.05) is 13.1 Å². The maximum atomic E-state index is 13.0. The van der Waals surface area contributed by atoms with Crippen molar-refractivity contribution >= 4 is 42.1 Å². The zero-order chi connectivity index (χ0) is 16.4. The highest BCUT2D eigenvalue weighted by atomic mass is 35.5. The molecule has 138 valence electrons. The number of hydrogen-bond acceptors (Lipinski definition) is 4. The molecule has 3 rings (SSSR count). The molecular formula is C17H22Cl2FN3OS. The van der Waals surface area contributed by atoms with E-state index in [9.17, 15) is 9.18 Å². The second kappa shape index (κ2) is 9.48. The van der Waals surface area contributed by atoms with Crippen molar-refractivity contribution in [3.63, 3.8) is 0 Å². The van der Waals surface area contributed by atoms with Crippen LogP contribution in [-0.4, -0.2) is 34.9 Å². The Kier molecular flexibility index (Phi) is 8.28. The third-order valence-electron chi connectivity index (χ3n) is 4.21. The van der Waals surface area contributed by atoms with Crippen LogP contribution in [0.2, 0.25) is 0 Å². The SMILES string of the molecule is Cc1nc(Cc2ccc(F)cc2)sc1C(=O)N1CCCC1CN.Cl.Cl. The molecule has 1 unspecified atom stereocenters. The Hall–Kier alpha value is -1.21. The normalized spacial score (nSPS) is 16.3. The third-order valence-corrected chi connectivity index (χ3v) is 5.36. The first-order valence-electron chi connectivity index (χ1n) is 7.80. The second-order valence-electron chi connectivity index (χ2n) is 5.86. The number of aryl methyl sites for hydroxylation is 1. The minimum atomic E-state index is -0.248. The van der Waals surface area contributed by atoms with Gasteiger partial charge in [0.25, 0.3) is 5.91 Å². The summed E-state index contributed by atoms with van der Waals surface area (Å²) in [5.74, 6) is -0.208. The molecule has 1 aromatic heterocycles. The number of amides is 1. The number of likely N-dealkylation sites (tertiary alicyclic amines) is 1. The van der Waals surface area contributed by atoms with Crippen LogP contribution >= 0.6 is 36.2 Å². The maximum absolute atomic E-state index is 13.0. The topological polar surface area (TPSA) is 59.2 Å². The molecule has 1 fully saturated rings. The molecule has 1 aliphatic rings. The molecule has 2 heterocycles. The Bertz CT molecular complexity index is 708. The molecule has 2 aromatic rings. The average Bonchev–Trinajstić information content (AvgIpc) is 3.15. The smallest absolute Gasteiger partial charge is 0.266 e. The molecule has 0 saturated carbocycles. The van der Waals surface area contributed by atoms with Gasteiger partial charge >= 0.3 is 0 Å². The van der Waals surface area contributed by atoms with E-state index in [2.05, 4.69) is 4.98 Å². The van der Waals surface area contributed by atoms with Crippen molar-refractivity contribution in [3.8, 4) is 0 Å². The minimum Gasteiger partial charge on any atom is -0.334 e. The van der Waals surface area contributed by atoms with Crippen LogP contribution in [0.3, 0.4) is 0 Å². The van der Waals surface area contributed by atoms with Crippen molar-refractivity contribution < 1.29 is 9.18 Å². The van der Waals surface area contributed by atoms with E-state index >= 15 is 0 Å². The molecule has 0 radical (unpaired) electrons. The molecule has 0 bridgehead atoms. The summed E-state index contributed by atoms with van der Waals surface area (Å²) in [5.41, 5.74) is 7.51. The number of aromatic nitrogens is 1. The van der Waals surface area contributed by atoms with Gasteiger partial charge in [0.15, 0.2) is 0 Å². The summed E-state index contributed by atoms with van der Waals surface area (Å²) >= 11 is 1.43. The Morgan fingerprint density at radius 2 is 2.04 bits per heavy atom. The van der Waals surface area contributed by atoms with Crippen LogP contribution in [0.15, 0.2) is 24.3 Å². The highest BCUT2D eigenvalue weighted by Gasteiger charge is 2.30. The van der Waals surface area contributed by atoms with Gasteiger partial charge in [0.1, 0.15) is 10.7 Å². The van der Waals surface area contributed by atoms with E-state index in [1.807, 2.05) is 11.8 Å². The van der Waals surface area contributed by atoms with Crippen LogP contribution in [0, 0.1) is 12.7 Å². The van der Waals surface area contributed by atoms with Gasteiger partial charge in [0.05, 0.1) is 10.7 Å². The summed E-state index contributed by atoms with van der Waals surface area (Å²) in [7, 11) is 0. The standard InChI is InChI=1S/C17H20FN3OS.2ClH/c1-11-16(17(22)21-8-2-3-14(21)10-19)23-15(20-11)9-12-4-6-13(18)7-5-12;;/h4-7,14H,2-3,8-10,19H2,1H3;2*1H. The molecule has 1 aromatic carbocycles. The van der Waals surface area contributed by atoms with Crippen molar-refractivity contribution in [2.45, 2.75) is 32.2 Å². The summed E-state index contributed by atoms with van der Waals surface area (Å²) in [6.07, 6.45) is 2.59. The molecule has 2 N–H and O–H groups in total. The predicted octanol–water partition coefficient (Wildman–Crippen LogP) is 3.59. The first-order chi connectivity index (χ1) is 11.1. The lowest BCUT2D eigenvalue weighted by Crippen LogP contribution is -2.39. The summed E-state index contributed by atoms with van der Waals surface area (Å²) in [6.45, 7) is 3.14. The van der Waals surface area contributed by atoms with E-state index in [4.69, 9.17) is 5.73 Å². The van der Waals surface area contributed by atoms with Crippen LogP contribution in [0.25, 0.3) is 0 Å². The van der Waals surface area contributed by atoms with Gasteiger partial charge in [-0.15, -0.1) is 36.2 Å². The Morgan fingerprint density at radius 3 is 2.68 bits per heavy atom. The summed E-state index contributed by atoms with van der Waals surface area (Å²) in [6, 6.07) is 6.52. The molecular weight excluding hydrogens is 384 g/mol. The van der Waals surface area contributed by atoms with Crippen molar-refractivity contribution in [3.05, 3.63) is 51.2 Å². The van der Waals surface area contributed by atoms with E-state index in [0.717, 1.165) is 35.7 Å². The lowest BCUT2D eigenvalue weighted by atomic mass is 10.1. The first kappa shape index (κ1) is 21.8. The first-order valence-corrected chi connectivity index (χ1v) is 8.62. The van der Waals surface area contributed by atoms with Gasteiger partial charge in [-0.25, -0.2) is 9.37 Å². The molecule has 0 aliphatic carbocycles. The minimum absolute atomic E-state index is 0. The Labute approximate surface area is 163 Å². The summed E-state index contributed by atoms with van der Waals surface area (Å²) < 4.78 is 13.0. The molecule has 4 nitrogen and oxygen atoms in total. The van der Waals surface area contributed by atoms with Crippen LogP contribution in [0.1, 0.15) is 38.8 Å². The number of nitrogens with zero attached hydrogens (tertiary/aromatic N) is 2. The van der Waals surface area contributed by atoms with Crippen molar-refractivity contribution in [1.82, 2.24) is 9.88 Å². The molecule has 1 aliphatic heterocycles. The molecule has 8 heteroatoms. The molecule has 0 spiro atoms. The number of nitrogens with two attached hydrogens (primary N) is 1. The van der Waals surface area contributed by atoms with Crippen LogP contribution in [0.4, 0.5) is 4.39 Å². The monoisotopic (exact) mass is 405 g/mol. The van der Waals surface area contributed by atoms with Gasteiger partial charge < -0.3 is 10.6 Å². The van der Waals surface area contributed by atoms with E-state index < -0.39 is 0 Å². The van der Waals surface area contributed by atoms with Crippen LogP contribution < -0.4 is 5.73 Å². The average molecular weight is 406 g/mol. The van der Waals surface area contributed by atoms with Gasteiger partial charge in [-0.3, -0.25) is 4.79 Å². The fraction of sp³-hybridized carbons (Fsp3) is 0.412. The van der Waals surface area contributed by atoms with E-state index in [1.54, 1.807) is 12.1 Å². The Balaban J connectivity index is 0.00000156. The van der Waals surface area contributed by atoms with E-state index in [1.165, 1.54) is 23.5 Å². The van der Waals surface area contributed by atoms with Crippen LogP contribution in [0.5, 0.6) is 0 Å². The van der Waals surface area contributed by atoms with Gasteiger partial charge in [0.2, 0.25) is 0 Å². The fourth-order valence-electron chi connectivity index (χ4n) is 2.98. The number of rotatable bonds is 4. The van der Waals surface area contributed by atoms with Gasteiger partial charge in [-0.05, 0) is 37.5 Å². The quantitative estimate of drug-likeness (QED) is 0.844. The lowest BCUT2D eigenvalue weighted by Gasteiger charge is -2.22. The molecule has 1 atom stereocenters. The summed E-state index contributed by atoms with van der Waals surface area (Å²) in [5, 5.41) is 0.876. The number of thiazole rings is 1. The van der Waals surface area contributed by atoms with Crippen LogP contribution in [-0.2, 0) is 6.42 Å². The van der Waals surface area contributed by atoms with Gasteiger partial charge in [-0.1, -0.05) is 12.1 Å². The maximum Gasteiger partial charge on any atom is 0.266 e. The predicted molar refractivity (Wildman–Crippen MR) is 104 cm³/mol. The largest absolute Gasteiger partial charge is 0.334 e. The molecule has 1 saturated heterocycles. The zero-order valence-electron chi connectivity index (χ0n) is 13.9. The van der Waals surface area contributed by atoms with Gasteiger partial charge in [0, 0.05) is 25.6 Å². The third kappa shape index (κ3) is 4.91. The second-order valence-corrected chi connectivity index (χ2v) is 6.94. The van der Waals surface area contributed by atoms with E-state index in [-0.39, 0.29) is 42.6 Å². The van der Waals surface area contributed by atoms with Crippen molar-refractivity contribution in [2.24, 2.45) is 5.73 Å². The van der Waals surface area contributed by atoms with E-state index in [0.29, 0.717) is 17.8 Å². The summed E-state index contributed by atoms with van der Waals surface area (Å²) in [4.78, 5) is 19.8. The number of carbonyl (C=O) groups excluding carboxylic acids is 1. The highest BCUT2D eigenvalue weighted by molar-refractivity contribution is 7.13. The molecule has 1 amide bonds. The number of hydrogen-bond donors (Lipinski definition) is 1. The van der Waals surface area contributed by atoms with Crippen molar-refractivity contribution in [1.29, 1.82) is 0 Å². The number of halogens is 3. The number of carbonyl (C=O) groups is 1. The molecule has 25 heavy (non-hydrogen) atoms. The highest BCUT2D eigenvalue weighted by Crippen LogP contribution is 2.26. The lowest BCUT2D eigenvalue weighted by molar-refractivity contribution is 0.0745. The number of benzene rings is 1. The Morgan fingerprint density at radius 1 is 1.36 bits per heavy atom.